The zero-order chi connectivity index (χ0) is 30.9. The molecule has 8 rings (SSSR count). The van der Waals surface area contributed by atoms with Gasteiger partial charge in [0.25, 0.3) is 0 Å². The van der Waals surface area contributed by atoms with Crippen LogP contribution in [0.15, 0.2) is 182 Å². The first-order valence-corrected chi connectivity index (χ1v) is 16.1. The molecule has 0 spiro atoms. The van der Waals surface area contributed by atoms with Gasteiger partial charge in [0.15, 0.2) is 0 Å². The van der Waals surface area contributed by atoms with Gasteiger partial charge in [-0.2, -0.15) is 0 Å². The minimum atomic E-state index is -0.499. The summed E-state index contributed by atoms with van der Waals surface area (Å²) in [5.74, 6) is 0. The van der Waals surface area contributed by atoms with E-state index in [1.807, 2.05) is 0 Å². The summed E-state index contributed by atoms with van der Waals surface area (Å²) in [5.41, 5.74) is 11.9. The summed E-state index contributed by atoms with van der Waals surface area (Å²) < 4.78 is 0. The number of anilines is 4. The molecule has 1 unspecified atom stereocenters. The molecule has 1 atom stereocenters. The zero-order valence-electron chi connectivity index (χ0n) is 26.0. The van der Waals surface area contributed by atoms with E-state index in [4.69, 9.17) is 0 Å². The molecule has 0 bridgehead atoms. The Labute approximate surface area is 272 Å². The van der Waals surface area contributed by atoms with Gasteiger partial charge in [0.2, 0.25) is 0 Å². The number of nitrogens with zero attached hydrogens (tertiary/aromatic N) is 2. The van der Waals surface area contributed by atoms with Crippen LogP contribution in [0.1, 0.15) is 28.7 Å². The average Bonchev–Trinajstić information content (AvgIpc) is 3.43. The number of para-hydroxylation sites is 2. The van der Waals surface area contributed by atoms with Crippen LogP contribution in [-0.4, -0.2) is 13.1 Å². The number of rotatable bonds is 7. The predicted octanol–water partition coefficient (Wildman–Crippen LogP) is 10.8. The summed E-state index contributed by atoms with van der Waals surface area (Å²) in [6, 6.07) is 58.0. The smallest absolute Gasteiger partial charge is 0.0715 e. The number of benzene rings is 6. The highest BCUT2D eigenvalue weighted by Gasteiger charge is 2.46. The molecule has 0 saturated carbocycles. The molecular formula is C44H36N2. The molecule has 0 heterocycles. The van der Waals surface area contributed by atoms with E-state index in [1.54, 1.807) is 0 Å². The Morgan fingerprint density at radius 1 is 0.500 bits per heavy atom. The van der Waals surface area contributed by atoms with Gasteiger partial charge >= 0.3 is 0 Å². The second-order valence-corrected chi connectivity index (χ2v) is 12.2. The summed E-state index contributed by atoms with van der Waals surface area (Å²) in [5, 5.41) is 0. The molecule has 0 N–H and O–H groups in total. The van der Waals surface area contributed by atoms with Crippen LogP contribution in [0.2, 0.25) is 0 Å². The Bertz CT molecular complexity index is 1990. The molecule has 2 nitrogen and oxygen atoms in total. The van der Waals surface area contributed by atoms with Crippen LogP contribution in [0.4, 0.5) is 22.7 Å². The van der Waals surface area contributed by atoms with Gasteiger partial charge in [-0.25, -0.2) is 0 Å². The number of hydrogen-bond acceptors (Lipinski definition) is 2. The molecule has 46 heavy (non-hydrogen) atoms. The Balaban J connectivity index is 1.40. The van der Waals surface area contributed by atoms with E-state index in [-0.39, 0.29) is 6.04 Å². The summed E-state index contributed by atoms with van der Waals surface area (Å²) in [7, 11) is 2.16. The molecule has 222 valence electrons. The molecule has 0 radical (unpaired) electrons. The highest BCUT2D eigenvalue weighted by molar-refractivity contribution is 5.90. The molecule has 6 aromatic rings. The summed E-state index contributed by atoms with van der Waals surface area (Å²) in [6.07, 6.45) is 9.88. The first-order valence-electron chi connectivity index (χ1n) is 16.1. The van der Waals surface area contributed by atoms with Crippen molar-refractivity contribution >= 4 is 22.7 Å². The maximum atomic E-state index is 2.50. The molecule has 2 aliphatic rings. The molecule has 0 amide bonds. The van der Waals surface area contributed by atoms with Crippen molar-refractivity contribution in [2.24, 2.45) is 0 Å². The topological polar surface area (TPSA) is 6.48 Å². The zero-order valence-corrected chi connectivity index (χ0v) is 26.0. The third kappa shape index (κ3) is 4.57. The molecule has 0 aliphatic heterocycles. The van der Waals surface area contributed by atoms with Gasteiger partial charge in [0.05, 0.1) is 11.5 Å². The van der Waals surface area contributed by atoms with E-state index in [2.05, 4.69) is 199 Å². The van der Waals surface area contributed by atoms with Gasteiger partial charge < -0.3 is 9.80 Å². The molecule has 0 fully saturated rings. The minimum Gasteiger partial charge on any atom is -0.345 e. The molecular weight excluding hydrogens is 556 g/mol. The molecule has 0 aromatic heterocycles. The fourth-order valence-corrected chi connectivity index (χ4v) is 7.50. The minimum absolute atomic E-state index is 0.225. The van der Waals surface area contributed by atoms with E-state index < -0.39 is 5.41 Å². The highest BCUT2D eigenvalue weighted by atomic mass is 15.2. The Morgan fingerprint density at radius 2 is 1.00 bits per heavy atom. The highest BCUT2D eigenvalue weighted by Crippen LogP contribution is 2.58. The van der Waals surface area contributed by atoms with Gasteiger partial charge in [-0.05, 0) is 88.3 Å². The summed E-state index contributed by atoms with van der Waals surface area (Å²) in [6.45, 7) is 0. The third-order valence-corrected chi connectivity index (χ3v) is 9.65. The Hall–Kier alpha value is -5.60. The normalized spacial score (nSPS) is 15.6. The van der Waals surface area contributed by atoms with Gasteiger partial charge in [0.1, 0.15) is 0 Å². The van der Waals surface area contributed by atoms with Gasteiger partial charge in [-0.15, -0.1) is 0 Å². The van der Waals surface area contributed by atoms with Crippen molar-refractivity contribution in [3.8, 4) is 11.1 Å². The SMILES string of the molecule is CN(c1ccccc1)c1ccc2c(c1)C(c1ccccc1)(c1ccccc1)c1cc(N(c3ccccc3)C3C=CC=CC3)ccc1-2. The van der Waals surface area contributed by atoms with Crippen molar-refractivity contribution < 1.29 is 0 Å². The van der Waals surface area contributed by atoms with Crippen LogP contribution < -0.4 is 9.80 Å². The second kappa shape index (κ2) is 11.7. The fraction of sp³-hybridized carbons (Fsp3) is 0.0909. The Kier molecular flexibility index (Phi) is 7.11. The monoisotopic (exact) mass is 592 g/mol. The van der Waals surface area contributed by atoms with Gasteiger partial charge in [0, 0.05) is 29.8 Å². The van der Waals surface area contributed by atoms with Gasteiger partial charge in [-0.3, -0.25) is 0 Å². The molecule has 2 aliphatic carbocycles. The Morgan fingerprint density at radius 3 is 1.54 bits per heavy atom. The van der Waals surface area contributed by atoms with Crippen molar-refractivity contribution in [1.82, 2.24) is 0 Å². The summed E-state index contributed by atoms with van der Waals surface area (Å²) >= 11 is 0. The maximum absolute atomic E-state index is 2.50. The third-order valence-electron chi connectivity index (χ3n) is 9.65. The number of fused-ring (bicyclic) bond motifs is 3. The lowest BCUT2D eigenvalue weighted by Gasteiger charge is -2.36. The van der Waals surface area contributed by atoms with Crippen molar-refractivity contribution in [3.63, 3.8) is 0 Å². The fourth-order valence-electron chi connectivity index (χ4n) is 7.50. The lowest BCUT2D eigenvalue weighted by molar-refractivity contribution is 0.760. The average molecular weight is 593 g/mol. The quantitative estimate of drug-likeness (QED) is 0.182. The molecule has 6 aromatic carbocycles. The van der Waals surface area contributed by atoms with Crippen molar-refractivity contribution in [2.75, 3.05) is 16.8 Å². The second-order valence-electron chi connectivity index (χ2n) is 12.2. The van der Waals surface area contributed by atoms with E-state index in [9.17, 15) is 0 Å². The van der Waals surface area contributed by atoms with Crippen LogP contribution in [0, 0.1) is 0 Å². The first-order chi connectivity index (χ1) is 22.7. The van der Waals surface area contributed by atoms with Crippen LogP contribution in [-0.2, 0) is 5.41 Å². The first kappa shape index (κ1) is 27.9. The molecule has 0 saturated heterocycles. The van der Waals surface area contributed by atoms with Crippen LogP contribution in [0.5, 0.6) is 0 Å². The molecule has 2 heteroatoms. The van der Waals surface area contributed by atoms with E-state index in [0.717, 1.165) is 6.42 Å². The van der Waals surface area contributed by atoms with E-state index in [0.29, 0.717) is 0 Å². The van der Waals surface area contributed by atoms with Crippen LogP contribution in [0.25, 0.3) is 11.1 Å². The van der Waals surface area contributed by atoms with Crippen LogP contribution in [0.3, 0.4) is 0 Å². The van der Waals surface area contributed by atoms with Gasteiger partial charge in [-0.1, -0.05) is 133 Å². The summed E-state index contributed by atoms with van der Waals surface area (Å²) in [4.78, 5) is 4.79. The van der Waals surface area contributed by atoms with E-state index in [1.165, 1.54) is 56.1 Å². The van der Waals surface area contributed by atoms with Crippen LogP contribution >= 0.6 is 0 Å². The number of hydrogen-bond donors (Lipinski definition) is 0. The van der Waals surface area contributed by atoms with Crippen molar-refractivity contribution in [1.29, 1.82) is 0 Å². The maximum Gasteiger partial charge on any atom is 0.0715 e. The van der Waals surface area contributed by atoms with Crippen molar-refractivity contribution in [3.05, 3.63) is 204 Å². The predicted molar refractivity (Wildman–Crippen MR) is 194 cm³/mol. The number of allylic oxidation sites excluding steroid dienone is 2. The lowest BCUT2D eigenvalue weighted by atomic mass is 9.67. The van der Waals surface area contributed by atoms with Crippen molar-refractivity contribution in [2.45, 2.75) is 17.9 Å². The van der Waals surface area contributed by atoms with E-state index >= 15 is 0 Å². The largest absolute Gasteiger partial charge is 0.345 e. The lowest BCUT2D eigenvalue weighted by Crippen LogP contribution is -2.31. The standard InChI is InChI=1S/C44H36N2/c1-45(35-21-11-4-12-22-35)38-27-29-40-41-30-28-39(46(36-23-13-5-14-24-36)37-25-15-6-16-26-37)32-43(41)44(42(40)31-38,33-17-7-2-8-18-33)34-19-9-3-10-20-34/h2-25,27-32,37H,26H2,1H3.